The quantitative estimate of drug-likeness (QED) is 0.850. The fraction of sp³-hybridized carbons (Fsp3) is 0.786. The van der Waals surface area contributed by atoms with Crippen LogP contribution in [0.2, 0.25) is 0 Å². The summed E-state index contributed by atoms with van der Waals surface area (Å²) in [6.07, 6.45) is 12.1. The molecule has 1 heterocycles. The van der Waals surface area contributed by atoms with Gasteiger partial charge in [0.1, 0.15) is 5.82 Å². The van der Waals surface area contributed by atoms with Crippen molar-refractivity contribution in [3.63, 3.8) is 0 Å². The lowest BCUT2D eigenvalue weighted by Gasteiger charge is -2.30. The minimum atomic E-state index is 0.454. The van der Waals surface area contributed by atoms with Gasteiger partial charge in [-0.2, -0.15) is 0 Å². The number of rotatable bonds is 5. The van der Waals surface area contributed by atoms with Crippen molar-refractivity contribution in [3.8, 4) is 0 Å². The Morgan fingerprint density at radius 1 is 1.41 bits per heavy atom. The minimum Gasteiger partial charge on any atom is -0.337 e. The van der Waals surface area contributed by atoms with Crippen molar-refractivity contribution in [2.45, 2.75) is 51.5 Å². The number of hydrogen-bond donors (Lipinski definition) is 1. The van der Waals surface area contributed by atoms with Crippen LogP contribution in [0.3, 0.4) is 0 Å². The largest absolute Gasteiger partial charge is 0.337 e. The van der Waals surface area contributed by atoms with Crippen molar-refractivity contribution >= 4 is 0 Å². The van der Waals surface area contributed by atoms with Crippen molar-refractivity contribution in [1.29, 1.82) is 0 Å². The molecule has 1 aliphatic rings. The lowest BCUT2D eigenvalue weighted by molar-refractivity contribution is 0.260. The van der Waals surface area contributed by atoms with E-state index in [1.54, 1.807) is 0 Å². The molecule has 1 aliphatic carbocycles. The van der Waals surface area contributed by atoms with E-state index in [1.165, 1.54) is 44.3 Å². The second-order valence-corrected chi connectivity index (χ2v) is 5.23. The van der Waals surface area contributed by atoms with E-state index in [0.717, 1.165) is 12.5 Å². The highest BCUT2D eigenvalue weighted by atomic mass is 15.1. The van der Waals surface area contributed by atoms with E-state index >= 15 is 0 Å². The number of nitrogens with zero attached hydrogens (tertiary/aromatic N) is 2. The number of aromatic nitrogens is 2. The molecular weight excluding hydrogens is 210 g/mol. The van der Waals surface area contributed by atoms with E-state index in [-0.39, 0.29) is 0 Å². The van der Waals surface area contributed by atoms with E-state index in [2.05, 4.69) is 35.0 Å². The van der Waals surface area contributed by atoms with E-state index in [4.69, 9.17) is 0 Å². The van der Waals surface area contributed by atoms with Crippen LogP contribution in [0.1, 0.15) is 57.3 Å². The lowest BCUT2D eigenvalue weighted by atomic mass is 9.83. The third kappa shape index (κ3) is 3.09. The molecule has 0 radical (unpaired) electrons. The number of nitrogens with one attached hydrogen (secondary N) is 1. The molecule has 1 saturated carbocycles. The maximum absolute atomic E-state index is 4.54. The molecule has 1 fully saturated rings. The van der Waals surface area contributed by atoms with E-state index in [9.17, 15) is 0 Å². The van der Waals surface area contributed by atoms with Gasteiger partial charge < -0.3 is 9.88 Å². The Kier molecular flexibility index (Phi) is 4.60. The second kappa shape index (κ2) is 6.20. The summed E-state index contributed by atoms with van der Waals surface area (Å²) in [7, 11) is 2.10. The molecule has 3 heteroatoms. The third-order valence-corrected chi connectivity index (χ3v) is 3.87. The molecule has 96 valence electrons. The second-order valence-electron chi connectivity index (χ2n) is 5.23. The standard InChI is InChI=1S/C14H25N3/c1-3-9-15-13(12-7-5-4-6-8-12)14-16-10-11-17(14)2/h10-13,15H,3-9H2,1-2H3. The zero-order valence-electron chi connectivity index (χ0n) is 11.2. The zero-order valence-corrected chi connectivity index (χ0v) is 11.2. The summed E-state index contributed by atoms with van der Waals surface area (Å²) >= 11 is 0. The van der Waals surface area contributed by atoms with Gasteiger partial charge in [-0.1, -0.05) is 26.2 Å². The summed E-state index contributed by atoms with van der Waals surface area (Å²) in [6.45, 7) is 3.32. The number of aryl methyl sites for hydroxylation is 1. The molecule has 1 N–H and O–H groups in total. The van der Waals surface area contributed by atoms with Crippen LogP contribution in [-0.2, 0) is 7.05 Å². The predicted molar refractivity (Wildman–Crippen MR) is 70.8 cm³/mol. The van der Waals surface area contributed by atoms with Crippen LogP contribution in [0.5, 0.6) is 0 Å². The van der Waals surface area contributed by atoms with Gasteiger partial charge in [-0.3, -0.25) is 0 Å². The Labute approximate surface area is 105 Å². The van der Waals surface area contributed by atoms with Crippen LogP contribution in [-0.4, -0.2) is 16.1 Å². The number of imidazole rings is 1. The molecule has 1 atom stereocenters. The first kappa shape index (κ1) is 12.6. The molecule has 0 saturated heterocycles. The van der Waals surface area contributed by atoms with Crippen LogP contribution in [0.25, 0.3) is 0 Å². The molecule has 17 heavy (non-hydrogen) atoms. The van der Waals surface area contributed by atoms with Crippen LogP contribution >= 0.6 is 0 Å². The summed E-state index contributed by atoms with van der Waals surface area (Å²) in [5, 5.41) is 3.70. The fourth-order valence-corrected chi connectivity index (χ4v) is 2.91. The topological polar surface area (TPSA) is 29.9 Å². The first-order valence-electron chi connectivity index (χ1n) is 7.03. The fourth-order valence-electron chi connectivity index (χ4n) is 2.91. The van der Waals surface area contributed by atoms with Gasteiger partial charge in [0.25, 0.3) is 0 Å². The Hall–Kier alpha value is -0.830. The van der Waals surface area contributed by atoms with Crippen LogP contribution in [0.15, 0.2) is 12.4 Å². The van der Waals surface area contributed by atoms with Crippen molar-refractivity contribution in [2.75, 3.05) is 6.54 Å². The zero-order chi connectivity index (χ0) is 12.1. The lowest BCUT2D eigenvalue weighted by Crippen LogP contribution is -2.32. The maximum atomic E-state index is 4.54. The summed E-state index contributed by atoms with van der Waals surface area (Å²) in [5.41, 5.74) is 0. The highest BCUT2D eigenvalue weighted by molar-refractivity contribution is 5.01. The average molecular weight is 235 g/mol. The monoisotopic (exact) mass is 235 g/mol. The van der Waals surface area contributed by atoms with E-state index < -0.39 is 0 Å². The van der Waals surface area contributed by atoms with Gasteiger partial charge in [0, 0.05) is 19.4 Å². The number of hydrogen-bond acceptors (Lipinski definition) is 2. The molecule has 0 spiro atoms. The van der Waals surface area contributed by atoms with Crippen molar-refractivity contribution < 1.29 is 0 Å². The predicted octanol–water partition coefficient (Wildman–Crippen LogP) is 3.04. The molecule has 0 bridgehead atoms. The average Bonchev–Trinajstić information content (AvgIpc) is 2.78. The molecule has 1 unspecified atom stereocenters. The van der Waals surface area contributed by atoms with Crippen molar-refractivity contribution in [2.24, 2.45) is 13.0 Å². The summed E-state index contributed by atoms with van der Waals surface area (Å²) in [5.74, 6) is 1.99. The van der Waals surface area contributed by atoms with E-state index in [0.29, 0.717) is 6.04 Å². The minimum absolute atomic E-state index is 0.454. The highest BCUT2D eigenvalue weighted by Crippen LogP contribution is 2.33. The summed E-state index contributed by atoms with van der Waals surface area (Å²) < 4.78 is 2.17. The van der Waals surface area contributed by atoms with E-state index in [1.807, 2.05) is 6.20 Å². The van der Waals surface area contributed by atoms with Gasteiger partial charge in [-0.25, -0.2) is 4.98 Å². The first-order valence-corrected chi connectivity index (χ1v) is 7.03. The van der Waals surface area contributed by atoms with Gasteiger partial charge >= 0.3 is 0 Å². The van der Waals surface area contributed by atoms with Gasteiger partial charge in [0.15, 0.2) is 0 Å². The molecule has 1 aromatic heterocycles. The van der Waals surface area contributed by atoms with Gasteiger partial charge in [0.05, 0.1) is 6.04 Å². The maximum Gasteiger partial charge on any atom is 0.125 e. The first-order chi connectivity index (χ1) is 8.33. The Balaban J connectivity index is 2.09. The molecule has 3 nitrogen and oxygen atoms in total. The summed E-state index contributed by atoms with van der Waals surface area (Å²) in [6, 6.07) is 0.454. The molecule has 1 aromatic rings. The highest BCUT2D eigenvalue weighted by Gasteiger charge is 2.26. The van der Waals surface area contributed by atoms with Crippen molar-refractivity contribution in [1.82, 2.24) is 14.9 Å². The molecule has 2 rings (SSSR count). The SMILES string of the molecule is CCCNC(c1nccn1C)C1CCCCC1. The summed E-state index contributed by atoms with van der Waals surface area (Å²) in [4.78, 5) is 4.54. The third-order valence-electron chi connectivity index (χ3n) is 3.87. The van der Waals surface area contributed by atoms with Crippen LogP contribution < -0.4 is 5.32 Å². The van der Waals surface area contributed by atoms with Gasteiger partial charge in [0.2, 0.25) is 0 Å². The normalized spacial score (nSPS) is 19.4. The Morgan fingerprint density at radius 3 is 2.76 bits per heavy atom. The molecular formula is C14H25N3. The van der Waals surface area contributed by atoms with Crippen LogP contribution in [0, 0.1) is 5.92 Å². The molecule has 0 aromatic carbocycles. The van der Waals surface area contributed by atoms with Gasteiger partial charge in [-0.05, 0) is 31.7 Å². The Bertz CT molecular complexity index is 326. The molecule has 0 aliphatic heterocycles. The Morgan fingerprint density at radius 2 is 2.18 bits per heavy atom. The van der Waals surface area contributed by atoms with Crippen LogP contribution in [0.4, 0.5) is 0 Å². The van der Waals surface area contributed by atoms with Gasteiger partial charge in [-0.15, -0.1) is 0 Å². The smallest absolute Gasteiger partial charge is 0.125 e. The van der Waals surface area contributed by atoms with Crippen molar-refractivity contribution in [3.05, 3.63) is 18.2 Å². The molecule has 0 amide bonds.